The molecule has 4 nitrogen and oxygen atoms in total. The van der Waals surface area contributed by atoms with E-state index in [1.54, 1.807) is 0 Å². The van der Waals surface area contributed by atoms with Crippen molar-refractivity contribution in [3.63, 3.8) is 0 Å². The maximum Gasteiger partial charge on any atom is 0.263 e. The molecule has 6 heteroatoms. The van der Waals surface area contributed by atoms with Gasteiger partial charge < -0.3 is 14.3 Å². The van der Waals surface area contributed by atoms with Crippen LogP contribution in [0.25, 0.3) is 0 Å². The Kier molecular flexibility index (Phi) is 3.21. The molecule has 1 aromatic rings. The molecular weight excluding hydrogens is 220 g/mol. The van der Waals surface area contributed by atoms with Gasteiger partial charge >= 0.3 is 0 Å². The van der Waals surface area contributed by atoms with Crippen LogP contribution >= 0.6 is 0 Å². The average molecular weight is 231 g/mol. The van der Waals surface area contributed by atoms with Gasteiger partial charge in [0.15, 0.2) is 11.5 Å². The van der Waals surface area contributed by atoms with Gasteiger partial charge in [-0.15, -0.1) is 0 Å². The van der Waals surface area contributed by atoms with Gasteiger partial charge in [-0.3, -0.25) is 0 Å². The van der Waals surface area contributed by atoms with Gasteiger partial charge in [0, 0.05) is 17.7 Å². The van der Waals surface area contributed by atoms with Crippen molar-refractivity contribution < 1.29 is 23.1 Å². The maximum atomic E-state index is 12.6. The topological polar surface area (TPSA) is 39.7 Å². The summed E-state index contributed by atoms with van der Waals surface area (Å²) in [6, 6.07) is 2.67. The Morgan fingerprint density at radius 1 is 1.44 bits per heavy atom. The SMILES string of the molecule is CONCc1cc(C(F)F)cc2c1OCO2. The van der Waals surface area contributed by atoms with E-state index in [0.717, 1.165) is 0 Å². The Bertz CT molecular complexity index is 385. The molecule has 1 aromatic carbocycles. The lowest BCUT2D eigenvalue weighted by Crippen LogP contribution is -2.11. The molecule has 0 aliphatic carbocycles. The molecular formula is C10H11F2NO3. The summed E-state index contributed by atoms with van der Waals surface area (Å²) in [6.07, 6.45) is -2.53. The fourth-order valence-corrected chi connectivity index (χ4v) is 1.51. The molecule has 2 rings (SSSR count). The van der Waals surface area contributed by atoms with E-state index in [1.165, 1.54) is 19.2 Å². The van der Waals surface area contributed by atoms with Crippen LogP contribution in [0.3, 0.4) is 0 Å². The van der Waals surface area contributed by atoms with Gasteiger partial charge in [-0.25, -0.2) is 8.78 Å². The largest absolute Gasteiger partial charge is 0.454 e. The zero-order valence-corrected chi connectivity index (χ0v) is 8.63. The maximum absolute atomic E-state index is 12.6. The Labute approximate surface area is 91.1 Å². The van der Waals surface area contributed by atoms with Gasteiger partial charge in [0.1, 0.15) is 0 Å². The van der Waals surface area contributed by atoms with Crippen molar-refractivity contribution >= 4 is 0 Å². The van der Waals surface area contributed by atoms with Crippen LogP contribution < -0.4 is 15.0 Å². The summed E-state index contributed by atoms with van der Waals surface area (Å²) in [5.74, 6) is 0.847. The highest BCUT2D eigenvalue weighted by molar-refractivity contribution is 5.51. The molecule has 0 atom stereocenters. The number of halogens is 2. The van der Waals surface area contributed by atoms with Crippen LogP contribution in [0.1, 0.15) is 17.6 Å². The number of nitrogens with one attached hydrogen (secondary N) is 1. The molecule has 1 heterocycles. The van der Waals surface area contributed by atoms with Crippen LogP contribution in [0.4, 0.5) is 8.78 Å². The zero-order chi connectivity index (χ0) is 11.5. The van der Waals surface area contributed by atoms with Gasteiger partial charge in [-0.1, -0.05) is 0 Å². The predicted molar refractivity (Wildman–Crippen MR) is 51.4 cm³/mol. The molecule has 0 bridgehead atoms. The molecule has 0 fully saturated rings. The summed E-state index contributed by atoms with van der Waals surface area (Å²) >= 11 is 0. The Hall–Kier alpha value is -1.40. The first-order valence-electron chi connectivity index (χ1n) is 4.68. The summed E-state index contributed by atoms with van der Waals surface area (Å²) in [7, 11) is 1.45. The first-order valence-corrected chi connectivity index (χ1v) is 4.68. The van der Waals surface area contributed by atoms with E-state index >= 15 is 0 Å². The summed E-state index contributed by atoms with van der Waals surface area (Å²) in [5.41, 5.74) is 3.08. The molecule has 0 unspecified atom stereocenters. The quantitative estimate of drug-likeness (QED) is 0.804. The third-order valence-electron chi connectivity index (χ3n) is 2.23. The van der Waals surface area contributed by atoms with Crippen LogP contribution in [0.5, 0.6) is 11.5 Å². The molecule has 1 aliphatic heterocycles. The molecule has 0 aromatic heterocycles. The smallest absolute Gasteiger partial charge is 0.263 e. The predicted octanol–water partition coefficient (Wildman–Crippen LogP) is 2.00. The second-order valence-corrected chi connectivity index (χ2v) is 3.24. The molecule has 88 valence electrons. The lowest BCUT2D eigenvalue weighted by molar-refractivity contribution is 0.0856. The van der Waals surface area contributed by atoms with Gasteiger partial charge in [-0.05, 0) is 12.1 Å². The Morgan fingerprint density at radius 2 is 2.25 bits per heavy atom. The van der Waals surface area contributed by atoms with Crippen molar-refractivity contribution in [1.29, 1.82) is 0 Å². The number of ether oxygens (including phenoxy) is 2. The minimum Gasteiger partial charge on any atom is -0.454 e. The van der Waals surface area contributed by atoms with E-state index in [2.05, 4.69) is 10.3 Å². The minimum atomic E-state index is -2.53. The molecule has 1 aliphatic rings. The highest BCUT2D eigenvalue weighted by Crippen LogP contribution is 2.39. The van der Waals surface area contributed by atoms with E-state index in [1.807, 2.05) is 0 Å². The van der Waals surface area contributed by atoms with Crippen LogP contribution in [0, 0.1) is 0 Å². The van der Waals surface area contributed by atoms with Crippen molar-refractivity contribution in [2.45, 2.75) is 13.0 Å². The lowest BCUT2D eigenvalue weighted by Gasteiger charge is -2.09. The van der Waals surface area contributed by atoms with E-state index in [4.69, 9.17) is 9.47 Å². The van der Waals surface area contributed by atoms with Crippen LogP contribution in [0.15, 0.2) is 12.1 Å². The average Bonchev–Trinajstić information content (AvgIpc) is 2.73. The molecule has 0 amide bonds. The number of hydrogen-bond donors (Lipinski definition) is 1. The minimum absolute atomic E-state index is 0.0575. The Balaban J connectivity index is 2.33. The molecule has 0 saturated heterocycles. The molecule has 0 saturated carbocycles. The number of hydrogen-bond acceptors (Lipinski definition) is 4. The van der Waals surface area contributed by atoms with Crippen LogP contribution in [0.2, 0.25) is 0 Å². The first kappa shape index (κ1) is 11.1. The van der Waals surface area contributed by atoms with Gasteiger partial charge in [-0.2, -0.15) is 5.48 Å². The van der Waals surface area contributed by atoms with E-state index in [0.29, 0.717) is 17.1 Å². The summed E-state index contributed by atoms with van der Waals surface area (Å²) in [4.78, 5) is 4.67. The summed E-state index contributed by atoms with van der Waals surface area (Å²) < 4.78 is 35.5. The van der Waals surface area contributed by atoms with Gasteiger partial charge in [0.25, 0.3) is 6.43 Å². The molecule has 1 N–H and O–H groups in total. The number of fused-ring (bicyclic) bond motifs is 1. The Morgan fingerprint density at radius 3 is 2.94 bits per heavy atom. The highest BCUT2D eigenvalue weighted by Gasteiger charge is 2.21. The van der Waals surface area contributed by atoms with Crippen molar-refractivity contribution in [2.24, 2.45) is 0 Å². The zero-order valence-electron chi connectivity index (χ0n) is 8.63. The second kappa shape index (κ2) is 4.63. The van der Waals surface area contributed by atoms with Gasteiger partial charge in [0.05, 0.1) is 7.11 Å². The summed E-state index contributed by atoms with van der Waals surface area (Å²) in [5, 5.41) is 0. The van der Waals surface area contributed by atoms with Crippen LogP contribution in [-0.2, 0) is 11.4 Å². The van der Waals surface area contributed by atoms with Crippen molar-refractivity contribution in [3.8, 4) is 11.5 Å². The number of benzene rings is 1. The fraction of sp³-hybridized carbons (Fsp3) is 0.400. The van der Waals surface area contributed by atoms with E-state index in [9.17, 15) is 8.78 Å². The first-order chi connectivity index (χ1) is 7.72. The standard InChI is InChI=1S/C10H11F2NO3/c1-14-13-4-7-2-6(10(11)12)3-8-9(7)16-5-15-8/h2-3,10,13H,4-5H2,1H3. The molecule has 16 heavy (non-hydrogen) atoms. The van der Waals surface area contributed by atoms with Crippen molar-refractivity contribution in [3.05, 3.63) is 23.3 Å². The van der Waals surface area contributed by atoms with Crippen LogP contribution in [-0.4, -0.2) is 13.9 Å². The number of hydroxylamine groups is 1. The number of alkyl halides is 2. The normalized spacial score (nSPS) is 13.5. The third-order valence-corrected chi connectivity index (χ3v) is 2.23. The second-order valence-electron chi connectivity index (χ2n) is 3.24. The molecule has 0 spiro atoms. The van der Waals surface area contributed by atoms with Crippen molar-refractivity contribution in [1.82, 2.24) is 5.48 Å². The number of rotatable bonds is 4. The monoisotopic (exact) mass is 231 g/mol. The summed E-state index contributed by atoms with van der Waals surface area (Å²) in [6.45, 7) is 0.338. The van der Waals surface area contributed by atoms with Crippen molar-refractivity contribution in [2.75, 3.05) is 13.9 Å². The molecule has 0 radical (unpaired) electrons. The highest BCUT2D eigenvalue weighted by atomic mass is 19.3. The third kappa shape index (κ3) is 2.07. The van der Waals surface area contributed by atoms with E-state index < -0.39 is 6.43 Å². The van der Waals surface area contributed by atoms with Gasteiger partial charge in [0.2, 0.25) is 6.79 Å². The lowest BCUT2D eigenvalue weighted by atomic mass is 10.1. The fourth-order valence-electron chi connectivity index (χ4n) is 1.51. The van der Waals surface area contributed by atoms with E-state index in [-0.39, 0.29) is 18.9 Å².